The van der Waals surface area contributed by atoms with Gasteiger partial charge in [0.15, 0.2) is 0 Å². The summed E-state index contributed by atoms with van der Waals surface area (Å²) < 4.78 is 0. The fourth-order valence-corrected chi connectivity index (χ4v) is 1.78. The molecule has 2 rings (SSSR count). The number of rotatable bonds is 2. The minimum Gasteiger partial charge on any atom is -0.320 e. The third-order valence-corrected chi connectivity index (χ3v) is 2.60. The van der Waals surface area contributed by atoms with Gasteiger partial charge in [0.2, 0.25) is 5.91 Å². The van der Waals surface area contributed by atoms with Crippen LogP contribution >= 0.6 is 0 Å². The summed E-state index contributed by atoms with van der Waals surface area (Å²) in [4.78, 5) is 24.1. The number of amides is 3. The lowest BCUT2D eigenvalue weighted by molar-refractivity contribution is -0.121. The van der Waals surface area contributed by atoms with Gasteiger partial charge in [-0.3, -0.25) is 10.1 Å². The monoisotopic (exact) mass is 218 g/mol. The third kappa shape index (κ3) is 2.39. The van der Waals surface area contributed by atoms with Gasteiger partial charge in [-0.05, 0) is 12.5 Å². The summed E-state index contributed by atoms with van der Waals surface area (Å²) in [7, 11) is 0. The molecule has 16 heavy (non-hydrogen) atoms. The van der Waals surface area contributed by atoms with Gasteiger partial charge in [-0.15, -0.1) is 0 Å². The maximum atomic E-state index is 11.5. The van der Waals surface area contributed by atoms with Crippen molar-refractivity contribution in [2.45, 2.75) is 19.9 Å². The van der Waals surface area contributed by atoms with Crippen LogP contribution < -0.4 is 5.32 Å². The number of imide groups is 1. The second-order valence-corrected chi connectivity index (χ2v) is 4.01. The first-order chi connectivity index (χ1) is 7.65. The molecule has 0 saturated carbocycles. The topological polar surface area (TPSA) is 49.4 Å². The molecule has 3 amide bonds. The van der Waals surface area contributed by atoms with Gasteiger partial charge >= 0.3 is 6.03 Å². The maximum Gasteiger partial charge on any atom is 0.324 e. The first-order valence-corrected chi connectivity index (χ1v) is 5.29. The van der Waals surface area contributed by atoms with Gasteiger partial charge in [0, 0.05) is 19.5 Å². The summed E-state index contributed by atoms with van der Waals surface area (Å²) in [5.41, 5.74) is 2.26. The zero-order valence-corrected chi connectivity index (χ0v) is 9.19. The molecule has 1 N–H and O–H groups in total. The van der Waals surface area contributed by atoms with Crippen LogP contribution in [0.3, 0.4) is 0 Å². The SMILES string of the molecule is Cc1cccc(CN2CCC(=O)NC2=O)c1. The summed E-state index contributed by atoms with van der Waals surface area (Å²) in [6.45, 7) is 3.07. The highest BCUT2D eigenvalue weighted by Crippen LogP contribution is 2.10. The number of carbonyl (C=O) groups excluding carboxylic acids is 2. The number of nitrogens with one attached hydrogen (secondary N) is 1. The molecule has 0 spiro atoms. The average Bonchev–Trinajstić information content (AvgIpc) is 2.22. The van der Waals surface area contributed by atoms with Gasteiger partial charge in [0.25, 0.3) is 0 Å². The van der Waals surface area contributed by atoms with E-state index < -0.39 is 0 Å². The standard InChI is InChI=1S/C12H14N2O2/c1-9-3-2-4-10(7-9)8-14-6-5-11(15)13-12(14)16/h2-4,7H,5-6,8H2,1H3,(H,13,15,16). The Bertz CT molecular complexity index is 429. The molecule has 1 fully saturated rings. The fourth-order valence-electron chi connectivity index (χ4n) is 1.78. The summed E-state index contributed by atoms with van der Waals surface area (Å²) in [6, 6.07) is 7.72. The van der Waals surface area contributed by atoms with Crippen molar-refractivity contribution in [2.24, 2.45) is 0 Å². The molecule has 1 aliphatic rings. The Morgan fingerprint density at radius 2 is 2.19 bits per heavy atom. The summed E-state index contributed by atoms with van der Waals surface area (Å²) >= 11 is 0. The molecule has 0 atom stereocenters. The Morgan fingerprint density at radius 3 is 2.88 bits per heavy atom. The van der Waals surface area contributed by atoms with Crippen molar-refractivity contribution >= 4 is 11.9 Å². The minimum absolute atomic E-state index is 0.189. The number of nitrogens with zero attached hydrogens (tertiary/aromatic N) is 1. The van der Waals surface area contributed by atoms with Gasteiger partial charge < -0.3 is 4.90 Å². The Labute approximate surface area is 94.2 Å². The Balaban J connectivity index is 2.05. The van der Waals surface area contributed by atoms with Crippen molar-refractivity contribution in [1.82, 2.24) is 10.2 Å². The van der Waals surface area contributed by atoms with Gasteiger partial charge in [0.05, 0.1) is 0 Å². The maximum absolute atomic E-state index is 11.5. The number of urea groups is 1. The van der Waals surface area contributed by atoms with Crippen LogP contribution in [0.4, 0.5) is 4.79 Å². The van der Waals surface area contributed by atoms with E-state index in [1.807, 2.05) is 31.2 Å². The van der Waals surface area contributed by atoms with Crippen molar-refractivity contribution in [3.8, 4) is 0 Å². The largest absolute Gasteiger partial charge is 0.324 e. The first-order valence-electron chi connectivity index (χ1n) is 5.29. The Hall–Kier alpha value is -1.84. The van der Waals surface area contributed by atoms with Crippen LogP contribution in [-0.4, -0.2) is 23.4 Å². The highest BCUT2D eigenvalue weighted by Gasteiger charge is 2.22. The summed E-state index contributed by atoms with van der Waals surface area (Å²) in [5, 5.41) is 2.31. The molecule has 1 aromatic carbocycles. The van der Waals surface area contributed by atoms with E-state index in [-0.39, 0.29) is 11.9 Å². The third-order valence-electron chi connectivity index (χ3n) is 2.60. The van der Waals surface area contributed by atoms with Crippen molar-refractivity contribution in [3.05, 3.63) is 35.4 Å². The molecule has 1 aromatic rings. The minimum atomic E-state index is -0.294. The quantitative estimate of drug-likeness (QED) is 0.816. The molecular weight excluding hydrogens is 204 g/mol. The van der Waals surface area contributed by atoms with E-state index in [4.69, 9.17) is 0 Å². The Morgan fingerprint density at radius 1 is 1.38 bits per heavy atom. The molecule has 0 unspecified atom stereocenters. The molecule has 4 nitrogen and oxygen atoms in total. The lowest BCUT2D eigenvalue weighted by Gasteiger charge is -2.26. The van der Waals surface area contributed by atoms with Crippen molar-refractivity contribution in [1.29, 1.82) is 0 Å². The number of carbonyl (C=O) groups is 2. The van der Waals surface area contributed by atoms with Crippen molar-refractivity contribution in [3.63, 3.8) is 0 Å². The molecule has 1 aliphatic heterocycles. The van der Waals surface area contributed by atoms with E-state index in [1.54, 1.807) is 4.90 Å². The van der Waals surface area contributed by atoms with E-state index in [0.717, 1.165) is 5.56 Å². The number of hydrogen-bond donors (Lipinski definition) is 1. The molecule has 0 aliphatic carbocycles. The second-order valence-electron chi connectivity index (χ2n) is 4.01. The van der Waals surface area contributed by atoms with Crippen LogP contribution in [0.2, 0.25) is 0 Å². The number of benzene rings is 1. The molecular formula is C12H14N2O2. The van der Waals surface area contributed by atoms with Gasteiger partial charge in [-0.2, -0.15) is 0 Å². The molecule has 0 aromatic heterocycles. The van der Waals surface area contributed by atoms with Crippen LogP contribution in [-0.2, 0) is 11.3 Å². The van der Waals surface area contributed by atoms with Crippen LogP contribution in [0.1, 0.15) is 17.5 Å². The fraction of sp³-hybridized carbons (Fsp3) is 0.333. The van der Waals surface area contributed by atoms with E-state index in [0.29, 0.717) is 19.5 Å². The molecule has 1 heterocycles. The Kier molecular flexibility index (Phi) is 2.90. The molecule has 1 saturated heterocycles. The molecule has 0 radical (unpaired) electrons. The summed E-state index contributed by atoms with van der Waals surface area (Å²) in [5.74, 6) is -0.189. The second kappa shape index (κ2) is 4.35. The van der Waals surface area contributed by atoms with Crippen molar-refractivity contribution < 1.29 is 9.59 Å². The molecule has 4 heteroatoms. The lowest BCUT2D eigenvalue weighted by Crippen LogP contribution is -2.48. The predicted octanol–water partition coefficient (Wildman–Crippen LogP) is 1.44. The van der Waals surface area contributed by atoms with E-state index >= 15 is 0 Å². The smallest absolute Gasteiger partial charge is 0.320 e. The lowest BCUT2D eigenvalue weighted by atomic mass is 10.1. The van der Waals surface area contributed by atoms with Crippen LogP contribution in [0.15, 0.2) is 24.3 Å². The van der Waals surface area contributed by atoms with Gasteiger partial charge in [-0.25, -0.2) is 4.79 Å². The predicted molar refractivity (Wildman–Crippen MR) is 59.7 cm³/mol. The van der Waals surface area contributed by atoms with Gasteiger partial charge in [-0.1, -0.05) is 29.8 Å². The van der Waals surface area contributed by atoms with Crippen LogP contribution in [0.5, 0.6) is 0 Å². The first kappa shape index (κ1) is 10.7. The number of hydrogen-bond acceptors (Lipinski definition) is 2. The van der Waals surface area contributed by atoms with Crippen LogP contribution in [0.25, 0.3) is 0 Å². The van der Waals surface area contributed by atoms with E-state index in [1.165, 1.54) is 5.56 Å². The van der Waals surface area contributed by atoms with E-state index in [9.17, 15) is 9.59 Å². The normalized spacial score (nSPS) is 16.2. The zero-order chi connectivity index (χ0) is 11.5. The zero-order valence-electron chi connectivity index (χ0n) is 9.19. The summed E-state index contributed by atoms with van der Waals surface area (Å²) in [6.07, 6.45) is 0.386. The van der Waals surface area contributed by atoms with Gasteiger partial charge in [0.1, 0.15) is 0 Å². The van der Waals surface area contributed by atoms with E-state index in [2.05, 4.69) is 5.32 Å². The average molecular weight is 218 g/mol. The molecule has 0 bridgehead atoms. The van der Waals surface area contributed by atoms with Crippen molar-refractivity contribution in [2.75, 3.05) is 6.54 Å². The van der Waals surface area contributed by atoms with Crippen LogP contribution in [0, 0.1) is 6.92 Å². The molecule has 84 valence electrons. The highest BCUT2D eigenvalue weighted by atomic mass is 16.2. The number of aryl methyl sites for hydroxylation is 1. The highest BCUT2D eigenvalue weighted by molar-refractivity contribution is 5.96.